The van der Waals surface area contributed by atoms with Crippen molar-refractivity contribution in [2.45, 2.75) is 90.1 Å². The third-order valence-electron chi connectivity index (χ3n) is 7.92. The van der Waals surface area contributed by atoms with Crippen molar-refractivity contribution < 1.29 is 36.2 Å². The average molecular weight is 643 g/mol. The van der Waals surface area contributed by atoms with E-state index in [1.165, 1.54) is 9.21 Å². The van der Waals surface area contributed by atoms with E-state index in [4.69, 9.17) is 4.74 Å². The molecule has 1 aromatic carbocycles. The van der Waals surface area contributed by atoms with Gasteiger partial charge in [-0.3, -0.25) is 4.31 Å². The summed E-state index contributed by atoms with van der Waals surface area (Å²) < 4.78 is 73.4. The second-order valence-corrected chi connectivity index (χ2v) is 14.0. The summed E-state index contributed by atoms with van der Waals surface area (Å²) in [5.41, 5.74) is -2.06. The fourth-order valence-electron chi connectivity index (χ4n) is 5.63. The van der Waals surface area contributed by atoms with Crippen LogP contribution in [0.3, 0.4) is 0 Å². The predicted octanol–water partition coefficient (Wildman–Crippen LogP) is 5.02. The van der Waals surface area contributed by atoms with Crippen LogP contribution < -0.4 is 14.5 Å². The Hall–Kier alpha value is -3.33. The minimum Gasteiger partial charge on any atom is -0.444 e. The number of β-amino-alcohol motifs (C(OH)–C–C–N with tert-alkyl or cyclic N) is 1. The Bertz CT molecular complexity index is 1440. The number of aromatic nitrogens is 2. The molecule has 2 aromatic rings. The topological polar surface area (TPSA) is 128 Å². The van der Waals surface area contributed by atoms with Crippen molar-refractivity contribution in [2.24, 2.45) is 0 Å². The van der Waals surface area contributed by atoms with Gasteiger partial charge in [0.05, 0.1) is 16.8 Å². The first kappa shape index (κ1) is 33.6. The first-order chi connectivity index (χ1) is 20.3. The number of benzene rings is 1. The molecule has 44 heavy (non-hydrogen) atoms. The maximum atomic E-state index is 13.8. The normalized spacial score (nSPS) is 20.9. The first-order valence-corrected chi connectivity index (χ1v) is 15.6. The lowest BCUT2D eigenvalue weighted by Gasteiger charge is -2.44. The Labute approximate surface area is 257 Å². The van der Waals surface area contributed by atoms with Gasteiger partial charge in [-0.1, -0.05) is 0 Å². The summed E-state index contributed by atoms with van der Waals surface area (Å²) in [4.78, 5) is 23.6. The highest BCUT2D eigenvalue weighted by Crippen LogP contribution is 2.39. The molecular formula is C29H41F3N6O5S. The molecule has 0 radical (unpaired) electrons. The van der Waals surface area contributed by atoms with Crippen molar-refractivity contribution in [3.05, 3.63) is 35.5 Å². The van der Waals surface area contributed by atoms with Crippen LogP contribution in [0.25, 0.3) is 0 Å². The zero-order valence-electron chi connectivity index (χ0n) is 25.9. The summed E-state index contributed by atoms with van der Waals surface area (Å²) in [6.07, 6.45) is -2.64. The van der Waals surface area contributed by atoms with Crippen LogP contribution in [-0.2, 0) is 21.8 Å². The van der Waals surface area contributed by atoms with Crippen molar-refractivity contribution in [2.75, 3.05) is 40.7 Å². The SMILES string of the molecule is Cc1cc(N([SH](=O)=O)C2(C)CCN(C(=O)OC(C)(C)C)CC2)ccc1Nc1ncc(C(F)(F)F)c(N2CCC[C@](C)(O)C2)n1. The van der Waals surface area contributed by atoms with Crippen LogP contribution in [0.1, 0.15) is 71.4 Å². The number of aryl methyl sites for hydroxylation is 1. The van der Waals surface area contributed by atoms with Gasteiger partial charge in [0.25, 0.3) is 0 Å². The molecule has 4 rings (SSSR count). The third-order valence-corrected chi connectivity index (χ3v) is 8.96. The van der Waals surface area contributed by atoms with Crippen molar-refractivity contribution in [1.82, 2.24) is 14.9 Å². The number of thiol groups is 1. The van der Waals surface area contributed by atoms with E-state index in [-0.39, 0.29) is 18.3 Å². The van der Waals surface area contributed by atoms with Gasteiger partial charge in [0.15, 0.2) is 0 Å². The van der Waals surface area contributed by atoms with Gasteiger partial charge in [-0.05, 0) is 91.0 Å². The highest BCUT2D eigenvalue weighted by Gasteiger charge is 2.41. The molecule has 2 N–H and O–H groups in total. The van der Waals surface area contributed by atoms with E-state index in [2.05, 4.69) is 15.3 Å². The van der Waals surface area contributed by atoms with E-state index in [0.29, 0.717) is 62.3 Å². The molecule has 2 fully saturated rings. The zero-order valence-corrected chi connectivity index (χ0v) is 26.8. The summed E-state index contributed by atoms with van der Waals surface area (Å²) in [6, 6.07) is 4.91. The highest BCUT2D eigenvalue weighted by molar-refractivity contribution is 7.74. The second kappa shape index (κ2) is 12.2. The molecule has 2 aliphatic heterocycles. The lowest BCUT2D eigenvalue weighted by molar-refractivity contribution is -0.137. The number of piperidine rings is 2. The van der Waals surface area contributed by atoms with Crippen LogP contribution in [0.15, 0.2) is 24.4 Å². The van der Waals surface area contributed by atoms with E-state index in [1.807, 2.05) is 6.92 Å². The lowest BCUT2D eigenvalue weighted by atomic mass is 9.89. The molecule has 0 bridgehead atoms. The molecule has 1 amide bonds. The number of alkyl halides is 3. The summed E-state index contributed by atoms with van der Waals surface area (Å²) in [7, 11) is -3.05. The fourth-order valence-corrected chi connectivity index (χ4v) is 6.53. The molecule has 0 saturated carbocycles. The van der Waals surface area contributed by atoms with Crippen molar-refractivity contribution in [3.63, 3.8) is 0 Å². The van der Waals surface area contributed by atoms with Crippen molar-refractivity contribution in [3.8, 4) is 0 Å². The van der Waals surface area contributed by atoms with Crippen LogP contribution >= 0.6 is 0 Å². The van der Waals surface area contributed by atoms with Gasteiger partial charge in [0, 0.05) is 38.1 Å². The minimum absolute atomic E-state index is 0.00222. The number of nitrogens with one attached hydrogen (secondary N) is 1. The maximum absolute atomic E-state index is 13.8. The molecule has 11 nitrogen and oxygen atoms in total. The van der Waals surface area contributed by atoms with Crippen molar-refractivity contribution >= 4 is 40.1 Å². The average Bonchev–Trinajstić information content (AvgIpc) is 2.88. The second-order valence-electron chi connectivity index (χ2n) is 13.1. The summed E-state index contributed by atoms with van der Waals surface area (Å²) in [5, 5.41) is 13.5. The number of ether oxygens (including phenoxy) is 1. The van der Waals surface area contributed by atoms with Crippen molar-refractivity contribution in [1.29, 1.82) is 0 Å². The molecule has 3 heterocycles. The maximum Gasteiger partial charge on any atom is 0.421 e. The number of amides is 1. The largest absolute Gasteiger partial charge is 0.444 e. The number of hydrogen-bond donors (Lipinski definition) is 3. The summed E-state index contributed by atoms with van der Waals surface area (Å²) >= 11 is 0. The number of carbonyl (C=O) groups is 1. The molecule has 15 heteroatoms. The van der Waals surface area contributed by atoms with Crippen LogP contribution in [-0.4, -0.2) is 77.4 Å². The number of nitrogens with zero attached hydrogens (tertiary/aromatic N) is 5. The highest BCUT2D eigenvalue weighted by atomic mass is 32.2. The van der Waals surface area contributed by atoms with Gasteiger partial charge in [0.2, 0.25) is 16.8 Å². The Balaban J connectivity index is 1.55. The number of hydrogen-bond acceptors (Lipinski definition) is 9. The molecule has 0 spiro atoms. The Morgan fingerprint density at radius 3 is 2.32 bits per heavy atom. The van der Waals surface area contributed by atoms with Gasteiger partial charge < -0.3 is 25.0 Å². The van der Waals surface area contributed by atoms with Crippen LogP contribution in [0.5, 0.6) is 0 Å². The lowest BCUT2D eigenvalue weighted by Crippen LogP contribution is -2.54. The molecule has 1 aromatic heterocycles. The number of rotatable bonds is 6. The van der Waals surface area contributed by atoms with E-state index < -0.39 is 45.5 Å². The molecule has 0 unspecified atom stereocenters. The molecular weight excluding hydrogens is 601 g/mol. The smallest absolute Gasteiger partial charge is 0.421 e. The number of anilines is 4. The quantitative estimate of drug-likeness (QED) is 0.372. The van der Waals surface area contributed by atoms with Crippen LogP contribution in [0, 0.1) is 6.92 Å². The summed E-state index contributed by atoms with van der Waals surface area (Å²) in [5.74, 6) is -0.383. The molecule has 2 saturated heterocycles. The molecule has 2 aliphatic rings. The zero-order chi connectivity index (χ0) is 32.7. The van der Waals surface area contributed by atoms with Gasteiger partial charge in [-0.2, -0.15) is 18.2 Å². The van der Waals surface area contributed by atoms with E-state index >= 15 is 0 Å². The minimum atomic E-state index is -4.69. The number of carbonyl (C=O) groups excluding carboxylic acids is 1. The fraction of sp³-hybridized carbons (Fsp3) is 0.621. The molecule has 244 valence electrons. The standard InChI is InChI=1S/C29H41F3N6O5S/c1-19-16-20(38(44(41)42)27(5)11-14-36(15-12-27)25(39)43-26(2,3)4)8-9-22(19)34-24-33-17-21(29(30,31)32)23(35-24)37-13-7-10-28(6,40)18-37/h8-9,16-17,40,44H,7,10-15,18H2,1-6H3,(H,33,34,35)/t28-/m0/s1. The van der Waals surface area contributed by atoms with E-state index in [0.717, 1.165) is 6.20 Å². The number of halogens is 3. The van der Waals surface area contributed by atoms with Gasteiger partial charge in [-0.15, -0.1) is 0 Å². The van der Waals surface area contributed by atoms with E-state index in [1.54, 1.807) is 57.7 Å². The van der Waals surface area contributed by atoms with E-state index in [9.17, 15) is 31.5 Å². The Morgan fingerprint density at radius 2 is 1.77 bits per heavy atom. The van der Waals surface area contributed by atoms with Gasteiger partial charge >= 0.3 is 12.3 Å². The number of likely N-dealkylation sites (tertiary alicyclic amines) is 1. The summed E-state index contributed by atoms with van der Waals surface area (Å²) in [6.45, 7) is 11.5. The Morgan fingerprint density at radius 1 is 1.11 bits per heavy atom. The molecule has 1 atom stereocenters. The predicted molar refractivity (Wildman–Crippen MR) is 162 cm³/mol. The van der Waals surface area contributed by atoms with Crippen LogP contribution in [0.4, 0.5) is 41.1 Å². The first-order valence-electron chi connectivity index (χ1n) is 14.5. The van der Waals surface area contributed by atoms with Gasteiger partial charge in [-0.25, -0.2) is 18.2 Å². The Kier molecular flexibility index (Phi) is 9.32. The number of aliphatic hydroxyl groups is 1. The van der Waals surface area contributed by atoms with Crippen LogP contribution in [0.2, 0.25) is 0 Å². The van der Waals surface area contributed by atoms with Gasteiger partial charge in [0.1, 0.15) is 17.0 Å². The third kappa shape index (κ3) is 7.84. The monoisotopic (exact) mass is 642 g/mol. The molecule has 0 aliphatic carbocycles.